The monoisotopic (exact) mass is 477 g/mol. The molecule has 1 amide bonds. The number of aromatic nitrogens is 4. The van der Waals surface area contributed by atoms with Crippen molar-refractivity contribution in [3.63, 3.8) is 0 Å². The molecule has 0 aliphatic heterocycles. The van der Waals surface area contributed by atoms with E-state index < -0.39 is 0 Å². The van der Waals surface area contributed by atoms with Gasteiger partial charge in [-0.2, -0.15) is 0 Å². The molecular formula is C24H24ClN7O2. The standard InChI is InChI=1S/C24H24ClN7O2/c1-29(2)13-5-8-20(33)30(3)18-6-4-7-19(14-18)32-23-21(22(26)27-15-28-23)31(24(32)34)17-11-9-16(25)10-12-17/h4-12,14-15H,13H2,1-3H3,(H2,26,27,28). The van der Waals surface area contributed by atoms with Gasteiger partial charge in [0.05, 0.1) is 11.4 Å². The van der Waals surface area contributed by atoms with Gasteiger partial charge in [0.1, 0.15) is 11.8 Å². The first kappa shape index (κ1) is 23.2. The molecule has 0 aliphatic rings. The SMILES string of the molecule is CN(C)CC=CC(=O)N(C)c1cccc(-n2c(=O)n(-c3ccc(Cl)cc3)c3c(N)ncnc32)c1. The molecule has 2 heterocycles. The fraction of sp³-hybridized carbons (Fsp3) is 0.167. The predicted molar refractivity (Wildman–Crippen MR) is 135 cm³/mol. The topological polar surface area (TPSA) is 102 Å². The number of hydrogen-bond donors (Lipinski definition) is 1. The van der Waals surface area contributed by atoms with Crippen LogP contribution in [0.15, 0.2) is 71.8 Å². The molecule has 10 heteroatoms. The van der Waals surface area contributed by atoms with Crippen LogP contribution in [0, 0.1) is 0 Å². The van der Waals surface area contributed by atoms with Crippen LogP contribution in [0.5, 0.6) is 0 Å². The molecule has 0 fully saturated rings. The number of nitrogen functional groups attached to an aromatic ring is 1. The van der Waals surface area contributed by atoms with E-state index >= 15 is 0 Å². The number of nitrogens with zero attached hydrogens (tertiary/aromatic N) is 6. The second-order valence-electron chi connectivity index (χ2n) is 7.94. The van der Waals surface area contributed by atoms with Gasteiger partial charge in [0.15, 0.2) is 11.5 Å². The van der Waals surface area contributed by atoms with Crippen molar-refractivity contribution < 1.29 is 4.79 Å². The Morgan fingerprint density at radius 3 is 2.50 bits per heavy atom. The minimum Gasteiger partial charge on any atom is -0.382 e. The van der Waals surface area contributed by atoms with Crippen molar-refractivity contribution in [3.8, 4) is 11.4 Å². The van der Waals surface area contributed by atoms with Gasteiger partial charge in [0.25, 0.3) is 0 Å². The number of fused-ring (bicyclic) bond motifs is 1. The van der Waals surface area contributed by atoms with Crippen LogP contribution in [0.1, 0.15) is 0 Å². The summed E-state index contributed by atoms with van der Waals surface area (Å²) in [4.78, 5) is 38.1. The predicted octanol–water partition coefficient (Wildman–Crippen LogP) is 2.89. The molecule has 0 unspecified atom stereocenters. The van der Waals surface area contributed by atoms with Gasteiger partial charge in [0, 0.05) is 30.4 Å². The average Bonchev–Trinajstić information content (AvgIpc) is 3.12. The summed E-state index contributed by atoms with van der Waals surface area (Å²) in [5, 5.41) is 0.546. The third kappa shape index (κ3) is 4.43. The van der Waals surface area contributed by atoms with E-state index in [4.69, 9.17) is 17.3 Å². The molecule has 2 aromatic heterocycles. The number of amides is 1. The van der Waals surface area contributed by atoms with Crippen LogP contribution in [-0.4, -0.2) is 57.6 Å². The van der Waals surface area contributed by atoms with Crippen molar-refractivity contribution in [3.05, 3.63) is 82.5 Å². The maximum atomic E-state index is 13.6. The third-order valence-electron chi connectivity index (χ3n) is 5.27. The molecule has 9 nitrogen and oxygen atoms in total. The summed E-state index contributed by atoms with van der Waals surface area (Å²) in [6.45, 7) is 0.653. The molecule has 0 saturated heterocycles. The second-order valence-corrected chi connectivity index (χ2v) is 8.38. The van der Waals surface area contributed by atoms with Crippen LogP contribution in [-0.2, 0) is 4.79 Å². The minimum absolute atomic E-state index is 0.172. The van der Waals surface area contributed by atoms with E-state index in [1.165, 1.54) is 26.4 Å². The first-order chi connectivity index (χ1) is 16.3. The Kier molecular flexibility index (Phi) is 6.49. The van der Waals surface area contributed by atoms with Crippen LogP contribution < -0.4 is 16.3 Å². The molecule has 4 rings (SSSR count). The summed E-state index contributed by atoms with van der Waals surface area (Å²) in [6, 6.07) is 13.9. The number of anilines is 2. The van der Waals surface area contributed by atoms with Gasteiger partial charge in [-0.15, -0.1) is 0 Å². The molecule has 0 atom stereocenters. The molecule has 0 radical (unpaired) electrons. The maximum absolute atomic E-state index is 13.6. The smallest absolute Gasteiger partial charge is 0.339 e. The van der Waals surface area contributed by atoms with Gasteiger partial charge in [0.2, 0.25) is 5.91 Å². The van der Waals surface area contributed by atoms with Crippen molar-refractivity contribution in [2.45, 2.75) is 0 Å². The molecule has 2 aromatic carbocycles. The van der Waals surface area contributed by atoms with Crippen molar-refractivity contribution >= 4 is 40.2 Å². The number of hydrogen-bond acceptors (Lipinski definition) is 6. The van der Waals surface area contributed by atoms with Gasteiger partial charge >= 0.3 is 5.69 Å². The number of benzene rings is 2. The lowest BCUT2D eigenvalue weighted by Crippen LogP contribution is -2.25. The van der Waals surface area contributed by atoms with Gasteiger partial charge < -0.3 is 15.5 Å². The fourth-order valence-electron chi connectivity index (χ4n) is 3.55. The molecule has 2 N–H and O–H groups in total. The van der Waals surface area contributed by atoms with Crippen LogP contribution in [0.4, 0.5) is 11.5 Å². The summed E-state index contributed by atoms with van der Waals surface area (Å²) < 4.78 is 2.90. The summed E-state index contributed by atoms with van der Waals surface area (Å²) in [7, 11) is 5.54. The Balaban J connectivity index is 1.83. The molecule has 34 heavy (non-hydrogen) atoms. The largest absolute Gasteiger partial charge is 0.382 e. The number of carbonyl (C=O) groups excluding carboxylic acids is 1. The molecule has 4 aromatic rings. The van der Waals surface area contributed by atoms with Crippen molar-refractivity contribution in [2.75, 3.05) is 38.3 Å². The van der Waals surface area contributed by atoms with Crippen LogP contribution in [0.25, 0.3) is 22.5 Å². The van der Waals surface area contributed by atoms with Gasteiger partial charge in [-0.1, -0.05) is 23.7 Å². The normalized spacial score (nSPS) is 11.6. The molecule has 0 aliphatic carbocycles. The number of rotatable bonds is 6. The Bertz CT molecular complexity index is 1440. The number of nitrogens with two attached hydrogens (primary N) is 1. The Hall–Kier alpha value is -3.95. The van der Waals surface area contributed by atoms with E-state index in [0.717, 1.165) is 0 Å². The number of likely N-dealkylation sites (N-methyl/N-ethyl adjacent to an activating group) is 2. The lowest BCUT2D eigenvalue weighted by Gasteiger charge is -2.16. The minimum atomic E-state index is -0.374. The highest BCUT2D eigenvalue weighted by Crippen LogP contribution is 2.25. The van der Waals surface area contributed by atoms with Crippen LogP contribution in [0.2, 0.25) is 5.02 Å². The van der Waals surface area contributed by atoms with Gasteiger partial charge in [-0.05, 0) is 56.6 Å². The first-order valence-electron chi connectivity index (χ1n) is 10.5. The highest BCUT2D eigenvalue weighted by molar-refractivity contribution is 6.30. The van der Waals surface area contributed by atoms with E-state index in [-0.39, 0.29) is 17.4 Å². The van der Waals surface area contributed by atoms with Gasteiger partial charge in [-0.3, -0.25) is 9.36 Å². The van der Waals surface area contributed by atoms with Crippen molar-refractivity contribution in [1.82, 2.24) is 24.0 Å². The summed E-state index contributed by atoms with van der Waals surface area (Å²) in [5.74, 6) is -0.00760. The second kappa shape index (κ2) is 9.50. The molecule has 174 valence electrons. The quantitative estimate of drug-likeness (QED) is 0.428. The van der Waals surface area contributed by atoms with Gasteiger partial charge in [-0.25, -0.2) is 19.3 Å². The highest BCUT2D eigenvalue weighted by Gasteiger charge is 2.20. The molecular weight excluding hydrogens is 454 g/mol. The maximum Gasteiger partial charge on any atom is 0.339 e. The summed E-state index contributed by atoms with van der Waals surface area (Å²) in [6.07, 6.45) is 4.64. The number of halogens is 1. The zero-order valence-electron chi connectivity index (χ0n) is 19.0. The summed E-state index contributed by atoms with van der Waals surface area (Å²) in [5.41, 5.74) is 8.26. The van der Waals surface area contributed by atoms with E-state index in [9.17, 15) is 9.59 Å². The van der Waals surface area contributed by atoms with E-state index in [1.807, 2.05) is 19.0 Å². The molecule has 0 saturated carbocycles. The zero-order chi connectivity index (χ0) is 24.4. The van der Waals surface area contributed by atoms with Crippen molar-refractivity contribution in [1.29, 1.82) is 0 Å². The van der Waals surface area contributed by atoms with Crippen molar-refractivity contribution in [2.24, 2.45) is 0 Å². The number of imidazole rings is 1. The molecule has 0 bridgehead atoms. The number of carbonyl (C=O) groups is 1. The molecule has 0 spiro atoms. The Labute approximate surface area is 201 Å². The first-order valence-corrected chi connectivity index (χ1v) is 10.8. The van der Waals surface area contributed by atoms with Crippen LogP contribution in [0.3, 0.4) is 0 Å². The zero-order valence-corrected chi connectivity index (χ0v) is 19.8. The fourth-order valence-corrected chi connectivity index (χ4v) is 3.68. The van der Waals surface area contributed by atoms with E-state index in [2.05, 4.69) is 9.97 Å². The summed E-state index contributed by atoms with van der Waals surface area (Å²) >= 11 is 6.03. The third-order valence-corrected chi connectivity index (χ3v) is 5.52. The van der Waals surface area contributed by atoms with E-state index in [1.54, 1.807) is 61.7 Å². The van der Waals surface area contributed by atoms with Crippen LogP contribution >= 0.6 is 11.6 Å². The Morgan fingerprint density at radius 2 is 1.79 bits per heavy atom. The lowest BCUT2D eigenvalue weighted by atomic mass is 10.2. The highest BCUT2D eigenvalue weighted by atomic mass is 35.5. The van der Waals surface area contributed by atoms with E-state index in [0.29, 0.717) is 39.8 Å². The lowest BCUT2D eigenvalue weighted by molar-refractivity contribution is -0.113. The average molecular weight is 478 g/mol. The Morgan fingerprint density at radius 1 is 1.06 bits per heavy atom.